The van der Waals surface area contributed by atoms with Crippen molar-refractivity contribution >= 4 is 19.4 Å². The lowest BCUT2D eigenvalue weighted by Gasteiger charge is -2.11. The van der Waals surface area contributed by atoms with Crippen molar-refractivity contribution in [1.82, 2.24) is 0 Å². The molecule has 0 amide bonds. The molecule has 0 aliphatic rings. The van der Waals surface area contributed by atoms with Gasteiger partial charge in [-0.25, -0.2) is 0 Å². The van der Waals surface area contributed by atoms with Crippen LogP contribution in [0.5, 0.6) is 5.75 Å². The van der Waals surface area contributed by atoms with Gasteiger partial charge in [-0.3, -0.25) is 9.36 Å². The van der Waals surface area contributed by atoms with Crippen LogP contribution in [0.3, 0.4) is 0 Å². The average Bonchev–Trinajstić information content (AvgIpc) is 2.78. The zero-order chi connectivity index (χ0) is 23.5. The number of carbonyl (C=O) groups is 1. The molecule has 0 saturated carbocycles. The molecule has 1 aromatic carbocycles. The number of carbonyl (C=O) groups excluding carboxylic acids is 1. The number of ether oxygens (including phenoxy) is 1. The van der Waals surface area contributed by atoms with E-state index in [2.05, 4.69) is 26.0 Å². The fourth-order valence-electron chi connectivity index (χ4n) is 3.59. The van der Waals surface area contributed by atoms with Gasteiger partial charge in [0.1, 0.15) is 5.75 Å². The predicted molar refractivity (Wildman–Crippen MR) is 137 cm³/mol. The van der Waals surface area contributed by atoms with Crippen LogP contribution in [-0.4, -0.2) is 23.2 Å². The molecule has 0 aromatic heterocycles. The van der Waals surface area contributed by atoms with Crippen LogP contribution in [-0.2, 0) is 9.36 Å². The summed E-state index contributed by atoms with van der Waals surface area (Å²) in [5, 5.41) is 0. The summed E-state index contributed by atoms with van der Waals surface area (Å²) >= 11 is 0. The third kappa shape index (κ3) is 15.4. The molecule has 32 heavy (non-hydrogen) atoms. The Bertz CT molecular complexity index is 681. The standard InChI is InChI=1S/C27H45O4P/c1-3-5-7-9-10-11-12-13-14-16-23-32(29,30)24-22-27(28)31-26-20-18-25(19-21-26)17-15-8-6-4-2/h15,17-21H,3-14,16,22-24H2,1-2H3,(H,29,30)/b17-15+. The van der Waals surface area contributed by atoms with E-state index in [4.69, 9.17) is 4.74 Å². The van der Waals surface area contributed by atoms with Crippen LogP contribution in [0.1, 0.15) is 109 Å². The molecular formula is C27H45O4P. The first kappa shape index (κ1) is 28.7. The molecule has 1 aromatic rings. The van der Waals surface area contributed by atoms with Crippen molar-refractivity contribution in [2.75, 3.05) is 12.3 Å². The summed E-state index contributed by atoms with van der Waals surface area (Å²) in [6.07, 6.45) is 19.9. The van der Waals surface area contributed by atoms with Crippen molar-refractivity contribution in [3.8, 4) is 5.75 Å². The maximum Gasteiger partial charge on any atom is 0.311 e. The van der Waals surface area contributed by atoms with E-state index < -0.39 is 13.3 Å². The molecule has 1 N–H and O–H groups in total. The Morgan fingerprint density at radius 3 is 2.00 bits per heavy atom. The van der Waals surface area contributed by atoms with Crippen molar-refractivity contribution in [2.45, 2.75) is 104 Å². The first-order valence-electron chi connectivity index (χ1n) is 12.7. The molecule has 1 rings (SSSR count). The second-order valence-corrected chi connectivity index (χ2v) is 11.4. The number of benzene rings is 1. The Kier molecular flexibility index (Phi) is 16.2. The molecule has 5 heteroatoms. The highest BCUT2D eigenvalue weighted by Crippen LogP contribution is 2.42. The fraction of sp³-hybridized carbons (Fsp3) is 0.667. The van der Waals surface area contributed by atoms with Crippen LogP contribution in [0, 0.1) is 0 Å². The number of allylic oxidation sites excluding steroid dienone is 1. The smallest absolute Gasteiger partial charge is 0.311 e. The lowest BCUT2D eigenvalue weighted by atomic mass is 10.1. The minimum atomic E-state index is -3.26. The minimum Gasteiger partial charge on any atom is -0.427 e. The number of unbranched alkanes of at least 4 members (excludes halogenated alkanes) is 11. The first-order chi connectivity index (χ1) is 15.5. The van der Waals surface area contributed by atoms with E-state index in [0.717, 1.165) is 31.2 Å². The van der Waals surface area contributed by atoms with Crippen molar-refractivity contribution < 1.29 is 19.0 Å². The van der Waals surface area contributed by atoms with Gasteiger partial charge in [-0.1, -0.05) is 109 Å². The van der Waals surface area contributed by atoms with Crippen molar-refractivity contribution in [2.24, 2.45) is 0 Å². The molecule has 0 heterocycles. The number of esters is 1. The van der Waals surface area contributed by atoms with Crippen LogP contribution in [0.25, 0.3) is 6.08 Å². The van der Waals surface area contributed by atoms with E-state index >= 15 is 0 Å². The van der Waals surface area contributed by atoms with Gasteiger partial charge in [-0.2, -0.15) is 0 Å². The Morgan fingerprint density at radius 1 is 0.844 bits per heavy atom. The Morgan fingerprint density at radius 2 is 1.41 bits per heavy atom. The maximum absolute atomic E-state index is 12.3. The molecule has 0 aliphatic carbocycles. The number of hydrogen-bond acceptors (Lipinski definition) is 3. The van der Waals surface area contributed by atoms with Crippen LogP contribution in [0.2, 0.25) is 0 Å². The number of rotatable bonds is 19. The largest absolute Gasteiger partial charge is 0.427 e. The van der Waals surface area contributed by atoms with Gasteiger partial charge in [0.25, 0.3) is 0 Å². The molecule has 0 bridgehead atoms. The molecule has 1 unspecified atom stereocenters. The minimum absolute atomic E-state index is 0.00150. The quantitative estimate of drug-likeness (QED) is 0.0966. The zero-order valence-corrected chi connectivity index (χ0v) is 21.3. The van der Waals surface area contributed by atoms with E-state index in [9.17, 15) is 14.3 Å². The molecule has 0 radical (unpaired) electrons. The summed E-state index contributed by atoms with van der Waals surface area (Å²) in [5.74, 6) is 0.0248. The van der Waals surface area contributed by atoms with Gasteiger partial charge < -0.3 is 9.63 Å². The first-order valence-corrected chi connectivity index (χ1v) is 14.8. The van der Waals surface area contributed by atoms with Crippen LogP contribution in [0.15, 0.2) is 30.3 Å². The highest BCUT2D eigenvalue weighted by molar-refractivity contribution is 7.58. The molecule has 0 spiro atoms. The van der Waals surface area contributed by atoms with E-state index in [1.807, 2.05) is 12.1 Å². The lowest BCUT2D eigenvalue weighted by Crippen LogP contribution is -2.10. The average molecular weight is 465 g/mol. The topological polar surface area (TPSA) is 63.6 Å². The van der Waals surface area contributed by atoms with Gasteiger partial charge in [-0.15, -0.1) is 0 Å². The van der Waals surface area contributed by atoms with E-state index in [1.165, 1.54) is 57.8 Å². The van der Waals surface area contributed by atoms with Crippen molar-refractivity contribution in [3.63, 3.8) is 0 Å². The third-order valence-corrected chi connectivity index (χ3v) is 7.61. The summed E-state index contributed by atoms with van der Waals surface area (Å²) in [7, 11) is -3.26. The number of hydrogen-bond donors (Lipinski definition) is 1. The predicted octanol–water partition coefficient (Wildman–Crippen LogP) is 8.38. The fourth-order valence-corrected chi connectivity index (χ4v) is 5.07. The molecule has 0 fully saturated rings. The van der Waals surface area contributed by atoms with Gasteiger partial charge >= 0.3 is 5.97 Å². The zero-order valence-electron chi connectivity index (χ0n) is 20.4. The SMILES string of the molecule is CCCC/C=C/c1ccc(OC(=O)CCP(=O)(O)CCCCCCCCCCCC)cc1. The van der Waals surface area contributed by atoms with Crippen molar-refractivity contribution in [1.29, 1.82) is 0 Å². The summed E-state index contributed by atoms with van der Waals surface area (Å²) in [6.45, 7) is 4.40. The summed E-state index contributed by atoms with van der Waals surface area (Å²) in [6, 6.07) is 7.35. The molecule has 0 saturated heterocycles. The van der Waals surface area contributed by atoms with Gasteiger partial charge in [-0.05, 0) is 30.5 Å². The highest BCUT2D eigenvalue weighted by atomic mass is 31.2. The van der Waals surface area contributed by atoms with Gasteiger partial charge in [0.2, 0.25) is 7.37 Å². The van der Waals surface area contributed by atoms with Gasteiger partial charge in [0.15, 0.2) is 0 Å². The molecule has 4 nitrogen and oxygen atoms in total. The second-order valence-electron chi connectivity index (χ2n) is 8.81. The Hall–Kier alpha value is -1.38. The summed E-state index contributed by atoms with van der Waals surface area (Å²) in [5.41, 5.74) is 1.07. The Balaban J connectivity index is 2.16. The molecule has 182 valence electrons. The molecule has 0 aliphatic heterocycles. The van der Waals surface area contributed by atoms with E-state index in [0.29, 0.717) is 11.9 Å². The maximum atomic E-state index is 12.3. The van der Waals surface area contributed by atoms with Crippen LogP contribution in [0.4, 0.5) is 0 Å². The second kappa shape index (κ2) is 18.1. The van der Waals surface area contributed by atoms with E-state index in [-0.39, 0.29) is 12.6 Å². The van der Waals surface area contributed by atoms with Crippen molar-refractivity contribution in [3.05, 3.63) is 35.9 Å². The normalized spacial score (nSPS) is 13.3. The Labute approximate surface area is 196 Å². The molecule has 1 atom stereocenters. The van der Waals surface area contributed by atoms with Gasteiger partial charge in [0, 0.05) is 12.3 Å². The van der Waals surface area contributed by atoms with Crippen LogP contribution >= 0.6 is 7.37 Å². The summed E-state index contributed by atoms with van der Waals surface area (Å²) < 4.78 is 17.7. The van der Waals surface area contributed by atoms with Gasteiger partial charge in [0.05, 0.1) is 6.42 Å². The van der Waals surface area contributed by atoms with E-state index in [1.54, 1.807) is 12.1 Å². The molecular weight excluding hydrogens is 419 g/mol. The van der Waals surface area contributed by atoms with Crippen LogP contribution < -0.4 is 4.74 Å². The highest BCUT2D eigenvalue weighted by Gasteiger charge is 2.20. The third-order valence-electron chi connectivity index (χ3n) is 5.67. The monoisotopic (exact) mass is 464 g/mol. The lowest BCUT2D eigenvalue weighted by molar-refractivity contribution is -0.133. The summed E-state index contributed by atoms with van der Waals surface area (Å²) in [4.78, 5) is 22.2.